The fourth-order valence-electron chi connectivity index (χ4n) is 0.826. The van der Waals surface area contributed by atoms with Gasteiger partial charge in [-0.15, -0.1) is 0 Å². The minimum Gasteiger partial charge on any atom is -0.384 e. The number of ether oxygens (including phenoxy) is 1. The predicted octanol–water partition coefficient (Wildman–Crippen LogP) is 2.58. The second-order valence-electron chi connectivity index (χ2n) is 2.32. The zero-order valence-corrected chi connectivity index (χ0v) is 8.19. The highest BCUT2D eigenvalue weighted by Crippen LogP contribution is 2.18. The van der Waals surface area contributed by atoms with Gasteiger partial charge < -0.3 is 4.74 Å². The van der Waals surface area contributed by atoms with Crippen LogP contribution in [0.1, 0.15) is 5.69 Å². The minimum absolute atomic E-state index is 0.557. The van der Waals surface area contributed by atoms with Crippen LogP contribution in [0.2, 0.25) is 10.0 Å². The molecule has 1 aromatic rings. The molecule has 0 amide bonds. The molecule has 12 heavy (non-hydrogen) atoms. The van der Waals surface area contributed by atoms with E-state index < -0.39 is 0 Å². The summed E-state index contributed by atoms with van der Waals surface area (Å²) in [6, 6.07) is 1.68. The largest absolute Gasteiger partial charge is 0.384 e. The molecule has 66 valence electrons. The molecule has 4 heteroatoms. The summed E-state index contributed by atoms with van der Waals surface area (Å²) in [7, 11) is 1.64. The summed E-state index contributed by atoms with van der Waals surface area (Å²) in [6.45, 7) is 0.619. The van der Waals surface area contributed by atoms with E-state index >= 15 is 0 Å². The van der Waals surface area contributed by atoms with Gasteiger partial charge in [0, 0.05) is 19.7 Å². The van der Waals surface area contributed by atoms with Gasteiger partial charge in [0.05, 0.1) is 22.3 Å². The quantitative estimate of drug-likeness (QED) is 0.758. The van der Waals surface area contributed by atoms with Crippen LogP contribution >= 0.6 is 23.2 Å². The molecule has 0 aliphatic carbocycles. The summed E-state index contributed by atoms with van der Waals surface area (Å²) in [5.41, 5.74) is 0.822. The van der Waals surface area contributed by atoms with Crippen LogP contribution in [0.25, 0.3) is 0 Å². The number of rotatable bonds is 3. The maximum atomic E-state index is 5.86. The van der Waals surface area contributed by atoms with Crippen molar-refractivity contribution in [1.29, 1.82) is 0 Å². The Labute approximate surface area is 81.5 Å². The Balaban J connectivity index is 2.72. The highest BCUT2D eigenvalue weighted by Gasteiger charge is 2.01. The van der Waals surface area contributed by atoms with E-state index in [2.05, 4.69) is 4.98 Å². The van der Waals surface area contributed by atoms with E-state index in [1.54, 1.807) is 19.4 Å². The molecule has 1 rings (SSSR count). The van der Waals surface area contributed by atoms with E-state index in [4.69, 9.17) is 27.9 Å². The van der Waals surface area contributed by atoms with Crippen molar-refractivity contribution in [2.75, 3.05) is 13.7 Å². The van der Waals surface area contributed by atoms with Gasteiger partial charge in [-0.3, -0.25) is 4.98 Å². The van der Waals surface area contributed by atoms with Crippen molar-refractivity contribution in [3.05, 3.63) is 28.0 Å². The van der Waals surface area contributed by atoms with Crippen molar-refractivity contribution in [3.8, 4) is 0 Å². The first-order chi connectivity index (χ1) is 5.74. The van der Waals surface area contributed by atoms with Gasteiger partial charge in [0.25, 0.3) is 0 Å². The Kier molecular flexibility index (Phi) is 3.79. The Hall–Kier alpha value is -0.310. The summed E-state index contributed by atoms with van der Waals surface area (Å²) >= 11 is 11.5. The Bertz CT molecular complexity index is 265. The van der Waals surface area contributed by atoms with Crippen molar-refractivity contribution in [2.45, 2.75) is 6.42 Å². The number of nitrogens with zero attached hydrogens (tertiary/aromatic N) is 1. The topological polar surface area (TPSA) is 22.1 Å². The molecule has 0 N–H and O–H groups in total. The first-order valence-corrected chi connectivity index (χ1v) is 4.28. The normalized spacial score (nSPS) is 10.2. The zero-order valence-electron chi connectivity index (χ0n) is 6.68. The molecule has 0 saturated carbocycles. The SMILES string of the molecule is COCCc1ncc(Cl)cc1Cl. The molecule has 0 aromatic carbocycles. The van der Waals surface area contributed by atoms with Gasteiger partial charge in [0.15, 0.2) is 0 Å². The van der Waals surface area contributed by atoms with E-state index in [1.165, 1.54) is 0 Å². The first-order valence-electron chi connectivity index (χ1n) is 3.53. The number of aromatic nitrogens is 1. The molecule has 0 aliphatic heterocycles. The lowest BCUT2D eigenvalue weighted by Gasteiger charge is -2.01. The van der Waals surface area contributed by atoms with Gasteiger partial charge in [-0.2, -0.15) is 0 Å². The third kappa shape index (κ3) is 2.63. The second-order valence-corrected chi connectivity index (χ2v) is 3.17. The number of halogens is 2. The van der Waals surface area contributed by atoms with Crippen LogP contribution in [0.5, 0.6) is 0 Å². The molecule has 1 heterocycles. The highest BCUT2D eigenvalue weighted by atomic mass is 35.5. The van der Waals surface area contributed by atoms with E-state index in [0.29, 0.717) is 23.1 Å². The standard InChI is InChI=1S/C8H9Cl2NO/c1-12-3-2-8-7(10)4-6(9)5-11-8/h4-5H,2-3H2,1H3. The van der Waals surface area contributed by atoms with Crippen molar-refractivity contribution in [2.24, 2.45) is 0 Å². The van der Waals surface area contributed by atoms with Crippen LogP contribution in [-0.4, -0.2) is 18.7 Å². The molecule has 0 unspecified atom stereocenters. The summed E-state index contributed by atoms with van der Waals surface area (Å²) in [5, 5.41) is 1.15. The van der Waals surface area contributed by atoms with Crippen LogP contribution in [0, 0.1) is 0 Å². The van der Waals surface area contributed by atoms with E-state index in [0.717, 1.165) is 5.69 Å². The van der Waals surface area contributed by atoms with Crippen LogP contribution in [-0.2, 0) is 11.2 Å². The monoisotopic (exact) mass is 205 g/mol. The molecule has 0 aliphatic rings. The van der Waals surface area contributed by atoms with Gasteiger partial charge in [-0.1, -0.05) is 23.2 Å². The average molecular weight is 206 g/mol. The number of pyridine rings is 1. The minimum atomic E-state index is 0.557. The third-order valence-corrected chi connectivity index (χ3v) is 1.96. The predicted molar refractivity (Wildman–Crippen MR) is 49.8 cm³/mol. The molecule has 0 spiro atoms. The second kappa shape index (κ2) is 4.65. The van der Waals surface area contributed by atoms with Gasteiger partial charge >= 0.3 is 0 Å². The number of methoxy groups -OCH3 is 1. The summed E-state index contributed by atoms with van der Waals surface area (Å²) in [5.74, 6) is 0. The third-order valence-electron chi connectivity index (χ3n) is 1.43. The molecular formula is C8H9Cl2NO. The van der Waals surface area contributed by atoms with E-state index in [-0.39, 0.29) is 0 Å². The average Bonchev–Trinajstić information content (AvgIpc) is 2.03. The summed E-state index contributed by atoms with van der Waals surface area (Å²) < 4.78 is 4.90. The Morgan fingerprint density at radius 3 is 2.83 bits per heavy atom. The maximum Gasteiger partial charge on any atom is 0.0637 e. The van der Waals surface area contributed by atoms with E-state index in [1.807, 2.05) is 0 Å². The highest BCUT2D eigenvalue weighted by molar-refractivity contribution is 6.34. The summed E-state index contributed by atoms with van der Waals surface area (Å²) in [6.07, 6.45) is 2.30. The molecule has 0 atom stereocenters. The van der Waals surface area contributed by atoms with Crippen LogP contribution in [0.4, 0.5) is 0 Å². The fourth-order valence-corrected chi connectivity index (χ4v) is 1.30. The van der Waals surface area contributed by atoms with Crippen molar-refractivity contribution < 1.29 is 4.74 Å². The molecule has 2 nitrogen and oxygen atoms in total. The van der Waals surface area contributed by atoms with Crippen molar-refractivity contribution >= 4 is 23.2 Å². The van der Waals surface area contributed by atoms with Crippen molar-refractivity contribution in [3.63, 3.8) is 0 Å². The maximum absolute atomic E-state index is 5.86. The molecule has 0 fully saturated rings. The molecule has 0 saturated heterocycles. The molecule has 1 aromatic heterocycles. The molecule has 0 radical (unpaired) electrons. The van der Waals surface area contributed by atoms with Crippen LogP contribution in [0.3, 0.4) is 0 Å². The van der Waals surface area contributed by atoms with Gasteiger partial charge in [0.1, 0.15) is 0 Å². The lowest BCUT2D eigenvalue weighted by atomic mass is 10.3. The van der Waals surface area contributed by atoms with Gasteiger partial charge in [-0.25, -0.2) is 0 Å². The first kappa shape index (κ1) is 9.78. The molecule has 0 bridgehead atoms. The van der Waals surface area contributed by atoms with Gasteiger partial charge in [-0.05, 0) is 6.07 Å². The lowest BCUT2D eigenvalue weighted by Crippen LogP contribution is -1.97. The fraction of sp³-hybridized carbons (Fsp3) is 0.375. The number of hydrogen-bond donors (Lipinski definition) is 0. The van der Waals surface area contributed by atoms with Gasteiger partial charge in [0.2, 0.25) is 0 Å². The number of hydrogen-bond acceptors (Lipinski definition) is 2. The Morgan fingerprint density at radius 2 is 2.25 bits per heavy atom. The van der Waals surface area contributed by atoms with E-state index in [9.17, 15) is 0 Å². The zero-order chi connectivity index (χ0) is 8.97. The summed E-state index contributed by atoms with van der Waals surface area (Å²) in [4.78, 5) is 4.07. The molecular weight excluding hydrogens is 197 g/mol. The lowest BCUT2D eigenvalue weighted by molar-refractivity contribution is 0.201. The van der Waals surface area contributed by atoms with Crippen molar-refractivity contribution in [1.82, 2.24) is 4.98 Å². The van der Waals surface area contributed by atoms with Crippen LogP contribution in [0.15, 0.2) is 12.3 Å². The van der Waals surface area contributed by atoms with Crippen LogP contribution < -0.4 is 0 Å². The Morgan fingerprint density at radius 1 is 1.50 bits per heavy atom. The smallest absolute Gasteiger partial charge is 0.0637 e.